The Morgan fingerprint density at radius 3 is 2.77 bits per heavy atom. The van der Waals surface area contributed by atoms with Crippen LogP contribution in [0.2, 0.25) is 0 Å². The summed E-state index contributed by atoms with van der Waals surface area (Å²) >= 11 is 0. The molecule has 0 amide bonds. The van der Waals surface area contributed by atoms with Crippen LogP contribution in [0.3, 0.4) is 0 Å². The van der Waals surface area contributed by atoms with Crippen LogP contribution in [0.25, 0.3) is 6.08 Å². The van der Waals surface area contributed by atoms with Crippen LogP contribution in [0.15, 0.2) is 42.7 Å². The van der Waals surface area contributed by atoms with Crippen molar-refractivity contribution in [2.24, 2.45) is 0 Å². The fourth-order valence-corrected chi connectivity index (χ4v) is 1.11. The molecular weight excluding hydrogens is 163 g/mol. The average molecular weight is 176 g/mol. The highest BCUT2D eigenvalue weighted by atomic mass is 19.1. The fraction of sp³-hybridized carbons (Fsp3) is 0.167. The van der Waals surface area contributed by atoms with Crippen LogP contribution < -0.4 is 0 Å². The van der Waals surface area contributed by atoms with E-state index in [0.717, 1.165) is 11.1 Å². The van der Waals surface area contributed by atoms with Crippen molar-refractivity contribution < 1.29 is 4.39 Å². The third kappa shape index (κ3) is 2.86. The molecule has 1 heteroatoms. The van der Waals surface area contributed by atoms with Crippen molar-refractivity contribution in [2.75, 3.05) is 0 Å². The molecule has 0 aliphatic rings. The molecule has 0 heterocycles. The van der Waals surface area contributed by atoms with Gasteiger partial charge in [0, 0.05) is 6.42 Å². The van der Waals surface area contributed by atoms with Crippen molar-refractivity contribution in [3.05, 3.63) is 53.9 Å². The Kier molecular flexibility index (Phi) is 3.44. The van der Waals surface area contributed by atoms with E-state index in [9.17, 15) is 4.39 Å². The molecule has 0 aliphatic carbocycles. The predicted molar refractivity (Wildman–Crippen MR) is 55.1 cm³/mol. The Hall–Kier alpha value is -1.37. The zero-order valence-electron chi connectivity index (χ0n) is 7.76. The molecule has 0 unspecified atom stereocenters. The molecular formula is C12H13F. The molecule has 0 bridgehead atoms. The van der Waals surface area contributed by atoms with E-state index in [4.69, 9.17) is 0 Å². The third-order valence-corrected chi connectivity index (χ3v) is 1.84. The minimum absolute atomic E-state index is 0.149. The van der Waals surface area contributed by atoms with Gasteiger partial charge in [0.05, 0.1) is 0 Å². The molecule has 0 fully saturated rings. The molecule has 13 heavy (non-hydrogen) atoms. The molecule has 0 radical (unpaired) electrons. The standard InChI is InChI=1S/C12H13F/c1-3-6-12(13)9-11-8-5-4-7-10(11)2/h3-5,7-9H,1,6H2,2H3/b12-9+. The molecule has 1 rings (SSSR count). The lowest BCUT2D eigenvalue weighted by atomic mass is 10.1. The highest BCUT2D eigenvalue weighted by Gasteiger charge is 1.95. The van der Waals surface area contributed by atoms with Crippen LogP contribution >= 0.6 is 0 Å². The highest BCUT2D eigenvalue weighted by Crippen LogP contribution is 2.14. The van der Waals surface area contributed by atoms with E-state index in [1.807, 2.05) is 31.2 Å². The zero-order chi connectivity index (χ0) is 9.68. The Bertz CT molecular complexity index is 324. The van der Waals surface area contributed by atoms with Crippen molar-refractivity contribution >= 4 is 6.08 Å². The Balaban J connectivity index is 2.90. The summed E-state index contributed by atoms with van der Waals surface area (Å²) in [6, 6.07) is 7.71. The Morgan fingerprint density at radius 2 is 2.15 bits per heavy atom. The van der Waals surface area contributed by atoms with Gasteiger partial charge in [-0.3, -0.25) is 0 Å². The van der Waals surface area contributed by atoms with Crippen LogP contribution in [0.1, 0.15) is 17.5 Å². The minimum atomic E-state index is -0.149. The second-order valence-corrected chi connectivity index (χ2v) is 2.94. The summed E-state index contributed by atoms with van der Waals surface area (Å²) < 4.78 is 13.1. The van der Waals surface area contributed by atoms with E-state index >= 15 is 0 Å². The zero-order valence-corrected chi connectivity index (χ0v) is 7.76. The van der Waals surface area contributed by atoms with Gasteiger partial charge < -0.3 is 0 Å². The minimum Gasteiger partial charge on any atom is -0.211 e. The lowest BCUT2D eigenvalue weighted by molar-refractivity contribution is 0.626. The molecule has 1 aromatic rings. The van der Waals surface area contributed by atoms with Gasteiger partial charge in [-0.2, -0.15) is 0 Å². The first kappa shape index (κ1) is 9.72. The van der Waals surface area contributed by atoms with Gasteiger partial charge in [-0.15, -0.1) is 6.58 Å². The van der Waals surface area contributed by atoms with E-state index < -0.39 is 0 Å². The number of aryl methyl sites for hydroxylation is 1. The molecule has 0 spiro atoms. The number of benzene rings is 1. The molecule has 0 nitrogen and oxygen atoms in total. The van der Waals surface area contributed by atoms with Gasteiger partial charge >= 0.3 is 0 Å². The summed E-state index contributed by atoms with van der Waals surface area (Å²) in [7, 11) is 0. The smallest absolute Gasteiger partial charge is 0.104 e. The van der Waals surface area contributed by atoms with Crippen LogP contribution in [0, 0.1) is 6.92 Å². The monoisotopic (exact) mass is 176 g/mol. The molecule has 0 saturated heterocycles. The molecule has 0 aromatic heterocycles. The summed E-state index contributed by atoms with van der Waals surface area (Å²) in [5.74, 6) is -0.149. The summed E-state index contributed by atoms with van der Waals surface area (Å²) in [6.07, 6.45) is 3.41. The first-order valence-electron chi connectivity index (χ1n) is 4.26. The predicted octanol–water partition coefficient (Wildman–Crippen LogP) is 3.88. The summed E-state index contributed by atoms with van der Waals surface area (Å²) in [4.78, 5) is 0. The second kappa shape index (κ2) is 4.61. The maximum Gasteiger partial charge on any atom is 0.104 e. The van der Waals surface area contributed by atoms with E-state index in [-0.39, 0.29) is 5.83 Å². The topological polar surface area (TPSA) is 0 Å². The number of hydrogen-bond donors (Lipinski definition) is 0. The third-order valence-electron chi connectivity index (χ3n) is 1.84. The van der Waals surface area contributed by atoms with Gasteiger partial charge in [-0.1, -0.05) is 30.3 Å². The lowest BCUT2D eigenvalue weighted by Crippen LogP contribution is -1.79. The van der Waals surface area contributed by atoms with Gasteiger partial charge in [0.25, 0.3) is 0 Å². The maximum absolute atomic E-state index is 13.1. The summed E-state index contributed by atoms with van der Waals surface area (Å²) in [6.45, 7) is 5.45. The summed E-state index contributed by atoms with van der Waals surface area (Å²) in [5, 5.41) is 0. The van der Waals surface area contributed by atoms with Crippen LogP contribution in [-0.4, -0.2) is 0 Å². The highest BCUT2D eigenvalue weighted by molar-refractivity contribution is 5.55. The van der Waals surface area contributed by atoms with Gasteiger partial charge in [-0.25, -0.2) is 4.39 Å². The largest absolute Gasteiger partial charge is 0.211 e. The van der Waals surface area contributed by atoms with Crippen molar-refractivity contribution in [1.29, 1.82) is 0 Å². The van der Waals surface area contributed by atoms with Crippen LogP contribution in [0.5, 0.6) is 0 Å². The molecule has 0 N–H and O–H groups in total. The number of halogens is 1. The maximum atomic E-state index is 13.1. The SMILES string of the molecule is C=CC/C(F)=C\c1ccccc1C. The number of allylic oxidation sites excluding steroid dienone is 2. The van der Waals surface area contributed by atoms with E-state index in [2.05, 4.69) is 6.58 Å². The van der Waals surface area contributed by atoms with Crippen molar-refractivity contribution in [3.8, 4) is 0 Å². The van der Waals surface area contributed by atoms with E-state index in [0.29, 0.717) is 6.42 Å². The average Bonchev–Trinajstić information content (AvgIpc) is 2.09. The van der Waals surface area contributed by atoms with E-state index in [1.54, 1.807) is 12.2 Å². The van der Waals surface area contributed by atoms with Crippen molar-refractivity contribution in [1.82, 2.24) is 0 Å². The van der Waals surface area contributed by atoms with Gasteiger partial charge in [0.1, 0.15) is 5.83 Å². The van der Waals surface area contributed by atoms with Gasteiger partial charge in [-0.05, 0) is 24.1 Å². The fourth-order valence-electron chi connectivity index (χ4n) is 1.11. The lowest BCUT2D eigenvalue weighted by Gasteiger charge is -1.98. The molecule has 0 atom stereocenters. The summed E-state index contributed by atoms with van der Waals surface area (Å²) in [5.41, 5.74) is 2.02. The van der Waals surface area contributed by atoms with Crippen LogP contribution in [0.4, 0.5) is 4.39 Å². The normalized spacial score (nSPS) is 11.4. The van der Waals surface area contributed by atoms with Crippen molar-refractivity contribution in [3.63, 3.8) is 0 Å². The molecule has 0 saturated carbocycles. The van der Waals surface area contributed by atoms with Crippen molar-refractivity contribution in [2.45, 2.75) is 13.3 Å². The first-order valence-corrected chi connectivity index (χ1v) is 4.26. The van der Waals surface area contributed by atoms with E-state index in [1.165, 1.54) is 0 Å². The second-order valence-electron chi connectivity index (χ2n) is 2.94. The van der Waals surface area contributed by atoms with Crippen LogP contribution in [-0.2, 0) is 0 Å². The van der Waals surface area contributed by atoms with Gasteiger partial charge in [0.15, 0.2) is 0 Å². The molecule has 1 aromatic carbocycles. The molecule has 0 aliphatic heterocycles. The first-order chi connectivity index (χ1) is 6.24. The van der Waals surface area contributed by atoms with Gasteiger partial charge in [0.2, 0.25) is 0 Å². The Morgan fingerprint density at radius 1 is 1.46 bits per heavy atom. The quantitative estimate of drug-likeness (QED) is 0.613. The Labute approximate surface area is 78.4 Å². The molecule has 68 valence electrons. The number of hydrogen-bond acceptors (Lipinski definition) is 0. The number of rotatable bonds is 3.